The number of methoxy groups -OCH3 is 1. The number of fused-ring (bicyclic) bond motifs is 3. The molecule has 0 bridgehead atoms. The van der Waals surface area contributed by atoms with E-state index in [2.05, 4.69) is 10.1 Å². The normalized spacial score (nSPS) is 11.3. The van der Waals surface area contributed by atoms with Crippen molar-refractivity contribution in [2.75, 3.05) is 7.11 Å². The number of pyridine rings is 1. The number of aryl methyl sites for hydroxylation is 1. The summed E-state index contributed by atoms with van der Waals surface area (Å²) < 4.78 is 20.2. The monoisotopic (exact) mass is 323 g/mol. The van der Waals surface area contributed by atoms with Gasteiger partial charge >= 0.3 is 0 Å². The molecule has 24 heavy (non-hydrogen) atoms. The van der Waals surface area contributed by atoms with Gasteiger partial charge in [0, 0.05) is 17.6 Å². The van der Waals surface area contributed by atoms with Crippen LogP contribution in [-0.4, -0.2) is 21.9 Å². The van der Waals surface area contributed by atoms with E-state index in [9.17, 15) is 9.18 Å². The van der Waals surface area contributed by atoms with Crippen molar-refractivity contribution in [2.24, 2.45) is 0 Å². The van der Waals surface area contributed by atoms with E-state index in [0.717, 1.165) is 16.5 Å². The second kappa shape index (κ2) is 5.19. The summed E-state index contributed by atoms with van der Waals surface area (Å²) in [6.45, 7) is 1.98. The van der Waals surface area contributed by atoms with Gasteiger partial charge in [0.05, 0.1) is 29.2 Å². The molecule has 0 saturated carbocycles. The zero-order chi connectivity index (χ0) is 16.8. The van der Waals surface area contributed by atoms with Crippen molar-refractivity contribution < 1.29 is 9.13 Å². The third-order valence-electron chi connectivity index (χ3n) is 4.07. The molecule has 2 aromatic carbocycles. The van der Waals surface area contributed by atoms with Crippen LogP contribution in [0.4, 0.5) is 4.39 Å². The molecule has 0 radical (unpaired) electrons. The van der Waals surface area contributed by atoms with Crippen LogP contribution in [-0.2, 0) is 0 Å². The molecule has 0 atom stereocenters. The quantitative estimate of drug-likeness (QED) is 0.615. The lowest BCUT2D eigenvalue weighted by Gasteiger charge is -2.05. The first kappa shape index (κ1) is 14.4. The van der Waals surface area contributed by atoms with Crippen molar-refractivity contribution in [3.8, 4) is 11.4 Å². The Morgan fingerprint density at radius 1 is 1.17 bits per heavy atom. The first-order chi connectivity index (χ1) is 11.6. The van der Waals surface area contributed by atoms with E-state index in [1.165, 1.54) is 23.9 Å². The molecule has 1 N–H and O–H groups in total. The van der Waals surface area contributed by atoms with E-state index in [4.69, 9.17) is 4.74 Å². The minimum absolute atomic E-state index is 0.130. The minimum atomic E-state index is -0.528. The number of nitrogens with zero attached hydrogens (tertiary/aromatic N) is 2. The van der Waals surface area contributed by atoms with Crippen LogP contribution in [0.3, 0.4) is 0 Å². The van der Waals surface area contributed by atoms with E-state index in [-0.39, 0.29) is 11.3 Å². The highest BCUT2D eigenvalue weighted by Gasteiger charge is 2.13. The van der Waals surface area contributed by atoms with E-state index in [0.29, 0.717) is 16.6 Å². The first-order valence-electron chi connectivity index (χ1n) is 7.42. The van der Waals surface area contributed by atoms with E-state index >= 15 is 0 Å². The summed E-state index contributed by atoms with van der Waals surface area (Å²) in [4.78, 5) is 17.0. The van der Waals surface area contributed by atoms with Crippen LogP contribution in [0, 0.1) is 12.7 Å². The molecule has 5 nitrogen and oxygen atoms in total. The van der Waals surface area contributed by atoms with Crippen molar-refractivity contribution in [3.05, 3.63) is 64.3 Å². The SMILES string of the molecule is COc1ccc(-n2[nH]c3c(cnc4ccc(C)cc43)c2=O)cc1F. The molecule has 0 aliphatic carbocycles. The fourth-order valence-electron chi connectivity index (χ4n) is 2.85. The number of halogens is 1. The van der Waals surface area contributed by atoms with Crippen LogP contribution in [0.1, 0.15) is 5.56 Å². The number of rotatable bonds is 2. The van der Waals surface area contributed by atoms with Gasteiger partial charge in [0.1, 0.15) is 0 Å². The van der Waals surface area contributed by atoms with Gasteiger partial charge in [0.25, 0.3) is 5.56 Å². The Morgan fingerprint density at radius 2 is 2.00 bits per heavy atom. The molecule has 120 valence electrons. The molecule has 0 saturated heterocycles. The molecular weight excluding hydrogens is 309 g/mol. The van der Waals surface area contributed by atoms with Crippen LogP contribution in [0.2, 0.25) is 0 Å². The van der Waals surface area contributed by atoms with Gasteiger partial charge in [-0.2, -0.15) is 0 Å². The predicted octanol–water partition coefficient (Wildman–Crippen LogP) is 3.32. The number of hydrogen-bond acceptors (Lipinski definition) is 3. The Balaban J connectivity index is 2.02. The van der Waals surface area contributed by atoms with Gasteiger partial charge in [-0.05, 0) is 31.2 Å². The van der Waals surface area contributed by atoms with Crippen molar-refractivity contribution in [1.82, 2.24) is 14.8 Å². The molecule has 4 rings (SSSR count). The standard InChI is InChI=1S/C18H14FN3O2/c1-10-3-5-15-12(7-10)17-13(9-20-15)18(23)22(21-17)11-4-6-16(24-2)14(19)8-11/h3-9,21H,1-2H3. The lowest BCUT2D eigenvalue weighted by molar-refractivity contribution is 0.386. The fraction of sp³-hybridized carbons (Fsp3) is 0.111. The number of nitrogens with one attached hydrogen (secondary N) is 1. The summed E-state index contributed by atoms with van der Waals surface area (Å²) in [5.41, 5.74) is 2.68. The number of benzene rings is 2. The third-order valence-corrected chi connectivity index (χ3v) is 4.07. The Hall–Kier alpha value is -3.15. The van der Waals surface area contributed by atoms with Gasteiger partial charge in [-0.25, -0.2) is 9.07 Å². The average Bonchev–Trinajstić information content (AvgIpc) is 2.92. The highest BCUT2D eigenvalue weighted by atomic mass is 19.1. The summed E-state index contributed by atoms with van der Waals surface area (Å²) in [6, 6.07) is 10.2. The van der Waals surface area contributed by atoms with Gasteiger partial charge in [-0.15, -0.1) is 0 Å². The van der Waals surface area contributed by atoms with Crippen molar-refractivity contribution in [2.45, 2.75) is 6.92 Å². The summed E-state index contributed by atoms with van der Waals surface area (Å²) >= 11 is 0. The maximum Gasteiger partial charge on any atom is 0.280 e. The highest BCUT2D eigenvalue weighted by molar-refractivity contribution is 6.03. The molecule has 0 aliphatic rings. The van der Waals surface area contributed by atoms with E-state index < -0.39 is 5.82 Å². The maximum atomic E-state index is 14.0. The Labute approximate surface area is 136 Å². The van der Waals surface area contributed by atoms with E-state index in [1.807, 2.05) is 25.1 Å². The summed E-state index contributed by atoms with van der Waals surface area (Å²) in [7, 11) is 1.40. The summed E-state index contributed by atoms with van der Waals surface area (Å²) in [6.07, 6.45) is 1.54. The maximum absolute atomic E-state index is 14.0. The van der Waals surface area contributed by atoms with Crippen LogP contribution in [0.5, 0.6) is 5.75 Å². The molecule has 6 heteroatoms. The third kappa shape index (κ3) is 2.07. The molecule has 0 fully saturated rings. The van der Waals surface area contributed by atoms with Gasteiger partial charge in [-0.3, -0.25) is 14.9 Å². The van der Waals surface area contributed by atoms with Gasteiger partial charge in [0.2, 0.25) is 0 Å². The number of ether oxygens (including phenoxy) is 1. The zero-order valence-corrected chi connectivity index (χ0v) is 13.1. The van der Waals surface area contributed by atoms with Crippen molar-refractivity contribution in [3.63, 3.8) is 0 Å². The average molecular weight is 323 g/mol. The number of H-pyrrole nitrogens is 1. The molecule has 0 amide bonds. The highest BCUT2D eigenvalue weighted by Crippen LogP contribution is 2.23. The molecule has 0 spiro atoms. The second-order valence-electron chi connectivity index (χ2n) is 5.64. The van der Waals surface area contributed by atoms with Gasteiger partial charge in [0.15, 0.2) is 11.6 Å². The van der Waals surface area contributed by atoms with Gasteiger partial charge < -0.3 is 4.74 Å². The minimum Gasteiger partial charge on any atom is -0.494 e. The zero-order valence-electron chi connectivity index (χ0n) is 13.1. The topological polar surface area (TPSA) is 59.9 Å². The van der Waals surface area contributed by atoms with Gasteiger partial charge in [-0.1, -0.05) is 11.6 Å². The first-order valence-corrected chi connectivity index (χ1v) is 7.42. The Morgan fingerprint density at radius 3 is 2.75 bits per heavy atom. The lowest BCUT2D eigenvalue weighted by Crippen LogP contribution is -2.14. The van der Waals surface area contributed by atoms with Crippen LogP contribution >= 0.6 is 0 Å². The smallest absolute Gasteiger partial charge is 0.280 e. The largest absolute Gasteiger partial charge is 0.494 e. The van der Waals surface area contributed by atoms with Crippen LogP contribution in [0.15, 0.2) is 47.4 Å². The molecule has 4 aromatic rings. The lowest BCUT2D eigenvalue weighted by atomic mass is 10.1. The Kier molecular flexibility index (Phi) is 3.13. The van der Waals surface area contributed by atoms with Crippen molar-refractivity contribution >= 4 is 21.8 Å². The number of hydrogen-bond donors (Lipinski definition) is 1. The molecule has 2 aromatic heterocycles. The predicted molar refractivity (Wildman–Crippen MR) is 90.4 cm³/mol. The molecule has 0 unspecified atom stereocenters. The Bertz CT molecular complexity index is 1140. The molecule has 2 heterocycles. The summed E-state index contributed by atoms with van der Waals surface area (Å²) in [5.74, 6) is -0.398. The number of aromatic nitrogens is 3. The molecular formula is C18H14FN3O2. The van der Waals surface area contributed by atoms with Crippen molar-refractivity contribution in [1.29, 1.82) is 0 Å². The number of aromatic amines is 1. The fourth-order valence-corrected chi connectivity index (χ4v) is 2.85. The van der Waals surface area contributed by atoms with Crippen LogP contribution in [0.25, 0.3) is 27.5 Å². The summed E-state index contributed by atoms with van der Waals surface area (Å²) in [5, 5.41) is 4.39. The second-order valence-corrected chi connectivity index (χ2v) is 5.64. The molecule has 0 aliphatic heterocycles. The van der Waals surface area contributed by atoms with Crippen LogP contribution < -0.4 is 10.3 Å². The van der Waals surface area contributed by atoms with E-state index in [1.54, 1.807) is 12.3 Å².